The van der Waals surface area contributed by atoms with Crippen LogP contribution in [0.4, 0.5) is 27.9 Å². The summed E-state index contributed by atoms with van der Waals surface area (Å²) in [6.45, 7) is 0.0987. The number of sulfonamides is 1. The topological polar surface area (TPSA) is 128 Å². The summed E-state index contributed by atoms with van der Waals surface area (Å²) in [6, 6.07) is 1.12. The van der Waals surface area contributed by atoms with E-state index in [0.29, 0.717) is 0 Å². The first-order chi connectivity index (χ1) is 16.2. The second kappa shape index (κ2) is 8.27. The Morgan fingerprint density at radius 2 is 1.91 bits per heavy atom. The summed E-state index contributed by atoms with van der Waals surface area (Å²) < 4.78 is 94.0. The van der Waals surface area contributed by atoms with Crippen molar-refractivity contribution in [2.45, 2.75) is 12.2 Å². The maximum Gasteiger partial charge on any atom is 0.419 e. The SMILES string of the molecule is Cn1nc(-c2cc(C(F)(F)F)c(F)c(O)c2F)c2cnc(N3CCN(S(C)(=O)=O)C(C#N)C3)nc21. The fourth-order valence-corrected chi connectivity index (χ4v) is 4.82. The predicted molar refractivity (Wildman–Crippen MR) is 111 cm³/mol. The lowest BCUT2D eigenvalue weighted by atomic mass is 10.0. The number of benzene rings is 1. The summed E-state index contributed by atoms with van der Waals surface area (Å²) in [7, 11) is -2.24. The Morgan fingerprint density at radius 3 is 2.51 bits per heavy atom. The lowest BCUT2D eigenvalue weighted by molar-refractivity contribution is -0.140. The lowest BCUT2D eigenvalue weighted by Crippen LogP contribution is -2.54. The van der Waals surface area contributed by atoms with Gasteiger partial charge in [0, 0.05) is 31.9 Å². The highest BCUT2D eigenvalue weighted by Crippen LogP contribution is 2.41. The van der Waals surface area contributed by atoms with Crippen molar-refractivity contribution in [2.75, 3.05) is 30.8 Å². The molecule has 1 fully saturated rings. The highest BCUT2D eigenvalue weighted by atomic mass is 32.2. The smallest absolute Gasteiger partial charge is 0.419 e. The predicted octanol–water partition coefficient (Wildman–Crippen LogP) is 2.01. The average molecular weight is 517 g/mol. The summed E-state index contributed by atoms with van der Waals surface area (Å²) in [5, 5.41) is 23.0. The fourth-order valence-electron chi connectivity index (χ4n) is 3.83. The zero-order valence-electron chi connectivity index (χ0n) is 18.0. The Morgan fingerprint density at radius 1 is 1.23 bits per heavy atom. The quantitative estimate of drug-likeness (QED) is 0.523. The molecule has 0 amide bonds. The number of phenols is 1. The van der Waals surface area contributed by atoms with Gasteiger partial charge in [-0.3, -0.25) is 0 Å². The third-order valence-electron chi connectivity index (χ3n) is 5.49. The van der Waals surface area contributed by atoms with E-state index in [1.807, 2.05) is 6.07 Å². The molecule has 16 heteroatoms. The van der Waals surface area contributed by atoms with Crippen LogP contribution in [0.15, 0.2) is 12.3 Å². The number of hydrogen-bond donors (Lipinski definition) is 1. The van der Waals surface area contributed by atoms with Crippen molar-refractivity contribution in [2.24, 2.45) is 7.05 Å². The number of hydrogen-bond acceptors (Lipinski definition) is 8. The van der Waals surface area contributed by atoms with Gasteiger partial charge >= 0.3 is 6.18 Å². The Bertz CT molecular complexity index is 1480. The molecule has 10 nitrogen and oxygen atoms in total. The Balaban J connectivity index is 1.77. The maximum atomic E-state index is 14.6. The van der Waals surface area contributed by atoms with Gasteiger partial charge in [-0.15, -0.1) is 0 Å². The molecule has 2 aromatic heterocycles. The number of anilines is 1. The number of phenolic OH excluding ortho intramolecular Hbond substituents is 1. The van der Waals surface area contributed by atoms with Crippen LogP contribution in [0.1, 0.15) is 5.56 Å². The van der Waals surface area contributed by atoms with E-state index in [-0.39, 0.29) is 48.4 Å². The first-order valence-corrected chi connectivity index (χ1v) is 11.7. The van der Waals surface area contributed by atoms with Crippen LogP contribution < -0.4 is 4.90 Å². The molecule has 1 aliphatic rings. The number of alkyl halides is 3. The van der Waals surface area contributed by atoms with Crippen molar-refractivity contribution in [3.63, 3.8) is 0 Å². The molecule has 0 saturated carbocycles. The number of rotatable bonds is 3. The first kappa shape index (κ1) is 24.5. The van der Waals surface area contributed by atoms with Crippen molar-refractivity contribution >= 4 is 27.0 Å². The van der Waals surface area contributed by atoms with Crippen LogP contribution in [0.2, 0.25) is 0 Å². The summed E-state index contributed by atoms with van der Waals surface area (Å²) in [6.07, 6.45) is -3.05. The molecule has 1 aliphatic heterocycles. The van der Waals surface area contributed by atoms with Crippen LogP contribution in [-0.2, 0) is 23.2 Å². The number of nitriles is 1. The molecule has 1 saturated heterocycles. The molecule has 0 radical (unpaired) electrons. The minimum absolute atomic E-state index is 0.00458. The summed E-state index contributed by atoms with van der Waals surface area (Å²) in [5.41, 5.74) is -2.96. The van der Waals surface area contributed by atoms with E-state index in [2.05, 4.69) is 15.1 Å². The van der Waals surface area contributed by atoms with Crippen molar-refractivity contribution in [1.82, 2.24) is 24.1 Å². The van der Waals surface area contributed by atoms with E-state index in [0.717, 1.165) is 21.4 Å². The fraction of sp³-hybridized carbons (Fsp3) is 0.368. The standard InChI is InChI=1S/C19H16F5N7O3S/c1-29-17-11(15(28-29)10-5-12(19(22,23)24)14(21)16(32)13(10)20)7-26-18(27-17)30-3-4-31(35(2,33)34)9(6-25)8-30/h5,7,9,32H,3-4,8H2,1-2H3. The molecule has 0 bridgehead atoms. The monoisotopic (exact) mass is 517 g/mol. The molecule has 3 aromatic rings. The summed E-state index contributed by atoms with van der Waals surface area (Å²) >= 11 is 0. The average Bonchev–Trinajstić information content (AvgIpc) is 3.11. The van der Waals surface area contributed by atoms with Crippen molar-refractivity contribution in [3.8, 4) is 23.1 Å². The summed E-state index contributed by atoms with van der Waals surface area (Å²) in [5.74, 6) is -5.48. The van der Waals surface area contributed by atoms with Gasteiger partial charge in [0.25, 0.3) is 0 Å². The number of piperazine rings is 1. The van der Waals surface area contributed by atoms with Crippen LogP contribution in [-0.4, -0.2) is 69.5 Å². The zero-order valence-corrected chi connectivity index (χ0v) is 18.9. The molecule has 0 spiro atoms. The van der Waals surface area contributed by atoms with Gasteiger partial charge in [0.2, 0.25) is 16.0 Å². The maximum absolute atomic E-state index is 14.6. The Hall–Kier alpha value is -3.58. The molecule has 3 heterocycles. The second-order valence-corrected chi connectivity index (χ2v) is 9.73. The zero-order chi connectivity index (χ0) is 25.9. The second-order valence-electron chi connectivity index (χ2n) is 7.79. The van der Waals surface area contributed by atoms with E-state index in [4.69, 9.17) is 0 Å². The molecule has 1 aromatic carbocycles. The molecular formula is C19H16F5N7O3S. The molecule has 35 heavy (non-hydrogen) atoms. The number of aromatic hydroxyl groups is 1. The number of fused-ring (bicyclic) bond motifs is 1. The minimum Gasteiger partial charge on any atom is -0.503 e. The molecule has 1 atom stereocenters. The molecular weight excluding hydrogens is 501 g/mol. The van der Waals surface area contributed by atoms with Crippen LogP contribution in [0.5, 0.6) is 5.75 Å². The van der Waals surface area contributed by atoms with E-state index in [9.17, 15) is 40.7 Å². The normalized spacial score (nSPS) is 17.7. The van der Waals surface area contributed by atoms with E-state index < -0.39 is 50.8 Å². The lowest BCUT2D eigenvalue weighted by Gasteiger charge is -2.36. The van der Waals surface area contributed by atoms with Gasteiger partial charge in [0.05, 0.1) is 29.8 Å². The van der Waals surface area contributed by atoms with Crippen molar-refractivity contribution < 1.29 is 35.5 Å². The number of aromatic nitrogens is 4. The molecule has 186 valence electrons. The van der Waals surface area contributed by atoms with Gasteiger partial charge in [0.1, 0.15) is 11.7 Å². The van der Waals surface area contributed by atoms with Gasteiger partial charge in [-0.25, -0.2) is 26.9 Å². The number of nitrogens with zero attached hydrogens (tertiary/aromatic N) is 7. The molecule has 1 N–H and O–H groups in total. The van der Waals surface area contributed by atoms with Crippen LogP contribution >= 0.6 is 0 Å². The molecule has 1 unspecified atom stereocenters. The number of aryl methyl sites for hydroxylation is 1. The Labute approximate surface area is 194 Å². The van der Waals surface area contributed by atoms with E-state index in [1.165, 1.54) is 7.05 Å². The Kier molecular flexibility index (Phi) is 5.80. The summed E-state index contributed by atoms with van der Waals surface area (Å²) in [4.78, 5) is 9.98. The van der Waals surface area contributed by atoms with Gasteiger partial charge in [-0.2, -0.15) is 32.8 Å². The molecule has 4 rings (SSSR count). The van der Waals surface area contributed by atoms with E-state index in [1.54, 1.807) is 4.90 Å². The minimum atomic E-state index is -5.20. The van der Waals surface area contributed by atoms with Crippen LogP contribution in [0.25, 0.3) is 22.3 Å². The van der Waals surface area contributed by atoms with Crippen LogP contribution in [0.3, 0.4) is 0 Å². The van der Waals surface area contributed by atoms with Gasteiger partial charge in [-0.05, 0) is 6.07 Å². The van der Waals surface area contributed by atoms with Crippen molar-refractivity contribution in [1.29, 1.82) is 5.26 Å². The highest BCUT2D eigenvalue weighted by Gasteiger charge is 2.38. The van der Waals surface area contributed by atoms with Gasteiger partial charge in [-0.1, -0.05) is 0 Å². The van der Waals surface area contributed by atoms with Crippen molar-refractivity contribution in [3.05, 3.63) is 29.5 Å². The third kappa shape index (κ3) is 4.21. The van der Waals surface area contributed by atoms with E-state index >= 15 is 0 Å². The number of halogens is 5. The van der Waals surface area contributed by atoms with Crippen LogP contribution in [0, 0.1) is 23.0 Å². The highest BCUT2D eigenvalue weighted by molar-refractivity contribution is 7.88. The van der Waals surface area contributed by atoms with Gasteiger partial charge < -0.3 is 10.0 Å². The third-order valence-corrected chi connectivity index (χ3v) is 6.78. The van der Waals surface area contributed by atoms with Gasteiger partial charge in [0.15, 0.2) is 23.0 Å². The molecule has 0 aliphatic carbocycles. The first-order valence-electron chi connectivity index (χ1n) is 9.83. The largest absolute Gasteiger partial charge is 0.503 e.